The van der Waals surface area contributed by atoms with Crippen molar-refractivity contribution in [2.24, 2.45) is 0 Å². The molecule has 6 nitrogen and oxygen atoms in total. The number of carbonyl (C=O) groups is 2. The fraction of sp³-hybridized carbons (Fsp3) is 0. The second kappa shape index (κ2) is 3.09. The van der Waals surface area contributed by atoms with Crippen LogP contribution in [0.5, 0.6) is 0 Å². The second-order valence-electron chi connectivity index (χ2n) is 2.77. The smallest absolute Gasteiger partial charge is 0.372 e. The zero-order valence-electron chi connectivity index (χ0n) is 7.30. The molecule has 0 spiro atoms. The van der Waals surface area contributed by atoms with E-state index < -0.39 is 17.7 Å². The Morgan fingerprint density at radius 1 is 1.27 bits per heavy atom. The lowest BCUT2D eigenvalue weighted by Gasteiger charge is -1.90. The van der Waals surface area contributed by atoms with Gasteiger partial charge in [0.15, 0.2) is 0 Å². The van der Waals surface area contributed by atoms with E-state index in [0.717, 1.165) is 0 Å². The summed E-state index contributed by atoms with van der Waals surface area (Å²) in [7, 11) is 0. The molecule has 0 aromatic carbocycles. The Bertz CT molecular complexity index is 557. The van der Waals surface area contributed by atoms with Gasteiger partial charge in [-0.3, -0.25) is 0 Å². The predicted octanol–water partition coefficient (Wildman–Crippen LogP) is 1.22. The molecule has 76 valence electrons. The molecule has 2 aromatic rings. The topological polar surface area (TPSA) is 101 Å². The Morgan fingerprint density at radius 2 is 2.00 bits per heavy atom. The van der Waals surface area contributed by atoms with Gasteiger partial charge in [0.25, 0.3) is 0 Å². The van der Waals surface area contributed by atoms with Crippen molar-refractivity contribution < 1.29 is 24.2 Å². The standard InChI is InChI=1S/C9H5NO5/c11-8(12)5-4-2-1-3-10-7(4)15-6(5)9(13)14/h1-3H,(H,11,12)(H,13,14). The summed E-state index contributed by atoms with van der Waals surface area (Å²) >= 11 is 0. The number of fused-ring (bicyclic) bond motifs is 1. The minimum absolute atomic E-state index is 0.00676. The zero-order valence-corrected chi connectivity index (χ0v) is 7.30. The van der Waals surface area contributed by atoms with Crippen molar-refractivity contribution in [3.63, 3.8) is 0 Å². The molecule has 0 aliphatic rings. The van der Waals surface area contributed by atoms with Gasteiger partial charge in [-0.1, -0.05) is 0 Å². The van der Waals surface area contributed by atoms with Gasteiger partial charge in [-0.25, -0.2) is 14.6 Å². The number of nitrogens with zero attached hydrogens (tertiary/aromatic N) is 1. The lowest BCUT2D eigenvalue weighted by molar-refractivity contribution is 0.0628. The van der Waals surface area contributed by atoms with Crippen molar-refractivity contribution in [1.29, 1.82) is 0 Å². The molecule has 0 atom stereocenters. The second-order valence-corrected chi connectivity index (χ2v) is 2.77. The van der Waals surface area contributed by atoms with Crippen LogP contribution in [0.4, 0.5) is 0 Å². The number of rotatable bonds is 2. The van der Waals surface area contributed by atoms with Gasteiger partial charge in [0.2, 0.25) is 11.5 Å². The van der Waals surface area contributed by atoms with Crippen LogP contribution in [0.25, 0.3) is 11.1 Å². The summed E-state index contributed by atoms with van der Waals surface area (Å²) in [4.78, 5) is 25.3. The highest BCUT2D eigenvalue weighted by atomic mass is 16.4. The molecule has 0 bridgehead atoms. The van der Waals surface area contributed by atoms with E-state index in [1.165, 1.54) is 18.3 Å². The number of hydrogen-bond acceptors (Lipinski definition) is 4. The predicted molar refractivity (Wildman–Crippen MR) is 47.9 cm³/mol. The number of pyridine rings is 1. The van der Waals surface area contributed by atoms with E-state index in [1.54, 1.807) is 0 Å². The molecular formula is C9H5NO5. The number of carboxylic acids is 2. The van der Waals surface area contributed by atoms with E-state index in [9.17, 15) is 9.59 Å². The zero-order chi connectivity index (χ0) is 11.0. The molecule has 0 saturated carbocycles. The molecule has 0 unspecified atom stereocenters. The van der Waals surface area contributed by atoms with Crippen LogP contribution in [-0.2, 0) is 0 Å². The Hall–Kier alpha value is -2.37. The van der Waals surface area contributed by atoms with Crippen molar-refractivity contribution in [2.45, 2.75) is 0 Å². The van der Waals surface area contributed by atoms with E-state index in [2.05, 4.69) is 4.98 Å². The van der Waals surface area contributed by atoms with Crippen LogP contribution in [0.2, 0.25) is 0 Å². The van der Waals surface area contributed by atoms with Crippen LogP contribution in [0, 0.1) is 0 Å². The molecule has 0 saturated heterocycles. The van der Waals surface area contributed by atoms with E-state index in [-0.39, 0.29) is 16.7 Å². The highest BCUT2D eigenvalue weighted by Crippen LogP contribution is 2.23. The maximum absolute atomic E-state index is 10.9. The summed E-state index contributed by atoms with van der Waals surface area (Å²) < 4.78 is 4.83. The Kier molecular flexibility index (Phi) is 1.89. The van der Waals surface area contributed by atoms with Crippen LogP contribution >= 0.6 is 0 Å². The Labute approximate surface area is 82.8 Å². The van der Waals surface area contributed by atoms with Crippen LogP contribution < -0.4 is 0 Å². The lowest BCUT2D eigenvalue weighted by Crippen LogP contribution is -2.04. The molecule has 0 aliphatic heterocycles. The van der Waals surface area contributed by atoms with E-state index in [0.29, 0.717) is 0 Å². The first-order valence-corrected chi connectivity index (χ1v) is 3.95. The third-order valence-electron chi connectivity index (χ3n) is 1.87. The minimum Gasteiger partial charge on any atom is -0.478 e. The van der Waals surface area contributed by atoms with Gasteiger partial charge in [-0.2, -0.15) is 0 Å². The van der Waals surface area contributed by atoms with Gasteiger partial charge in [0, 0.05) is 6.20 Å². The molecule has 2 N–H and O–H groups in total. The normalized spacial score (nSPS) is 10.4. The average molecular weight is 207 g/mol. The number of aromatic nitrogens is 1. The number of carboxylic acid groups (broad SMARTS) is 2. The number of furan rings is 1. The van der Waals surface area contributed by atoms with Gasteiger partial charge in [0.05, 0.1) is 5.39 Å². The summed E-state index contributed by atoms with van der Waals surface area (Å²) in [6, 6.07) is 2.96. The van der Waals surface area contributed by atoms with E-state index in [1.807, 2.05) is 0 Å². The monoisotopic (exact) mass is 207 g/mol. The summed E-state index contributed by atoms with van der Waals surface area (Å²) in [6.07, 6.45) is 1.39. The van der Waals surface area contributed by atoms with Crippen LogP contribution in [0.3, 0.4) is 0 Å². The van der Waals surface area contributed by atoms with Crippen LogP contribution in [0.15, 0.2) is 22.7 Å². The van der Waals surface area contributed by atoms with E-state index in [4.69, 9.17) is 14.6 Å². The van der Waals surface area contributed by atoms with Gasteiger partial charge >= 0.3 is 11.9 Å². The van der Waals surface area contributed by atoms with Gasteiger partial charge in [-0.05, 0) is 12.1 Å². The SMILES string of the molecule is O=C(O)c1oc2ncccc2c1C(=O)O. The molecule has 0 aliphatic carbocycles. The molecule has 0 fully saturated rings. The summed E-state index contributed by atoms with van der Waals surface area (Å²) in [5.74, 6) is -3.37. The fourth-order valence-corrected chi connectivity index (χ4v) is 1.30. The number of hydrogen-bond donors (Lipinski definition) is 2. The van der Waals surface area contributed by atoms with Gasteiger partial charge < -0.3 is 14.6 Å². The maximum atomic E-state index is 10.9. The highest BCUT2D eigenvalue weighted by Gasteiger charge is 2.25. The lowest BCUT2D eigenvalue weighted by atomic mass is 10.2. The molecule has 0 amide bonds. The third kappa shape index (κ3) is 1.32. The summed E-state index contributed by atoms with van der Waals surface area (Å²) in [5.41, 5.74) is -0.363. The molecule has 2 rings (SSSR count). The molecule has 2 heterocycles. The number of aromatic carboxylic acids is 2. The Balaban J connectivity index is 2.86. The molecule has 6 heteroatoms. The fourth-order valence-electron chi connectivity index (χ4n) is 1.30. The maximum Gasteiger partial charge on any atom is 0.372 e. The first-order valence-electron chi connectivity index (χ1n) is 3.95. The van der Waals surface area contributed by atoms with Crippen LogP contribution in [0.1, 0.15) is 20.9 Å². The van der Waals surface area contributed by atoms with Crippen molar-refractivity contribution in [3.8, 4) is 0 Å². The molecule has 15 heavy (non-hydrogen) atoms. The van der Waals surface area contributed by atoms with Gasteiger partial charge in [0.1, 0.15) is 5.56 Å². The quantitative estimate of drug-likeness (QED) is 0.767. The van der Waals surface area contributed by atoms with Crippen molar-refractivity contribution in [1.82, 2.24) is 4.98 Å². The average Bonchev–Trinajstić information content (AvgIpc) is 2.56. The minimum atomic E-state index is -1.43. The van der Waals surface area contributed by atoms with Crippen molar-refractivity contribution >= 4 is 23.0 Å². The van der Waals surface area contributed by atoms with Crippen LogP contribution in [-0.4, -0.2) is 27.1 Å². The first-order chi connectivity index (χ1) is 7.11. The molecule has 2 aromatic heterocycles. The largest absolute Gasteiger partial charge is 0.478 e. The third-order valence-corrected chi connectivity index (χ3v) is 1.87. The Morgan fingerprint density at radius 3 is 2.60 bits per heavy atom. The first kappa shape index (κ1) is 9.20. The van der Waals surface area contributed by atoms with Crippen molar-refractivity contribution in [3.05, 3.63) is 29.7 Å². The van der Waals surface area contributed by atoms with Gasteiger partial charge in [-0.15, -0.1) is 0 Å². The molecular weight excluding hydrogens is 202 g/mol. The summed E-state index contributed by atoms with van der Waals surface area (Å²) in [6.45, 7) is 0. The highest BCUT2D eigenvalue weighted by molar-refractivity contribution is 6.09. The van der Waals surface area contributed by atoms with Crippen molar-refractivity contribution in [2.75, 3.05) is 0 Å². The molecule has 0 radical (unpaired) electrons. The summed E-state index contributed by atoms with van der Waals surface area (Å²) in [5, 5.41) is 17.8. The van der Waals surface area contributed by atoms with E-state index >= 15 is 0 Å².